The Balaban J connectivity index is 2.00. The second-order valence-electron chi connectivity index (χ2n) is 5.24. The molecule has 20 heavy (non-hydrogen) atoms. The molecule has 6 heteroatoms. The Bertz CT molecular complexity index is 557. The zero-order valence-corrected chi connectivity index (χ0v) is 12.6. The standard InChI is InChI=1S/C14H21NO4S/c1-10(13-4-3-12(19-2)9-14(13)16)15-11-5-7-20(17,18)8-6-11/h3-4,9-11,15-16H,5-8H2,1-2H3. The van der Waals surface area contributed by atoms with Gasteiger partial charge in [-0.25, -0.2) is 8.42 Å². The van der Waals surface area contributed by atoms with Gasteiger partial charge in [0.1, 0.15) is 21.3 Å². The first-order chi connectivity index (χ1) is 9.41. The topological polar surface area (TPSA) is 75.6 Å². The van der Waals surface area contributed by atoms with E-state index in [0.717, 1.165) is 5.56 Å². The van der Waals surface area contributed by atoms with Gasteiger partial charge in [-0.3, -0.25) is 0 Å². The summed E-state index contributed by atoms with van der Waals surface area (Å²) in [5.41, 5.74) is 0.791. The molecule has 0 aliphatic carbocycles. The number of methoxy groups -OCH3 is 1. The lowest BCUT2D eigenvalue weighted by molar-refractivity contribution is 0.392. The van der Waals surface area contributed by atoms with Gasteiger partial charge in [0.25, 0.3) is 0 Å². The molecule has 1 aromatic carbocycles. The van der Waals surface area contributed by atoms with E-state index in [4.69, 9.17) is 4.74 Å². The van der Waals surface area contributed by atoms with Crippen molar-refractivity contribution in [2.45, 2.75) is 31.8 Å². The van der Waals surface area contributed by atoms with Crippen LogP contribution in [0.1, 0.15) is 31.4 Å². The fourth-order valence-electron chi connectivity index (χ4n) is 2.52. The Hall–Kier alpha value is -1.27. The van der Waals surface area contributed by atoms with Crippen molar-refractivity contribution in [1.29, 1.82) is 0 Å². The quantitative estimate of drug-likeness (QED) is 0.884. The van der Waals surface area contributed by atoms with Gasteiger partial charge in [-0.2, -0.15) is 0 Å². The maximum atomic E-state index is 11.4. The summed E-state index contributed by atoms with van der Waals surface area (Å²) in [4.78, 5) is 0. The fourth-order valence-corrected chi connectivity index (χ4v) is 4.01. The number of phenols is 1. The van der Waals surface area contributed by atoms with E-state index in [1.165, 1.54) is 0 Å². The zero-order chi connectivity index (χ0) is 14.8. The zero-order valence-electron chi connectivity index (χ0n) is 11.8. The maximum absolute atomic E-state index is 11.4. The minimum absolute atomic E-state index is 0.0355. The lowest BCUT2D eigenvalue weighted by Gasteiger charge is -2.27. The number of benzene rings is 1. The predicted octanol–water partition coefficient (Wildman–Crippen LogP) is 1.63. The monoisotopic (exact) mass is 299 g/mol. The normalized spacial score (nSPS) is 20.5. The van der Waals surface area contributed by atoms with Crippen molar-refractivity contribution in [1.82, 2.24) is 5.32 Å². The highest BCUT2D eigenvalue weighted by molar-refractivity contribution is 7.91. The van der Waals surface area contributed by atoms with Crippen LogP contribution in [0.4, 0.5) is 0 Å². The van der Waals surface area contributed by atoms with Gasteiger partial charge in [0, 0.05) is 23.7 Å². The van der Waals surface area contributed by atoms with Crippen molar-refractivity contribution < 1.29 is 18.3 Å². The first-order valence-electron chi connectivity index (χ1n) is 6.74. The Labute approximate surface area is 119 Å². The largest absolute Gasteiger partial charge is 0.507 e. The molecule has 2 N–H and O–H groups in total. The van der Waals surface area contributed by atoms with E-state index in [1.54, 1.807) is 19.2 Å². The number of nitrogens with one attached hydrogen (secondary N) is 1. The molecular weight excluding hydrogens is 278 g/mol. The molecule has 1 aliphatic heterocycles. The second kappa shape index (κ2) is 6.01. The van der Waals surface area contributed by atoms with Gasteiger partial charge in [-0.05, 0) is 25.8 Å². The molecule has 1 unspecified atom stereocenters. The van der Waals surface area contributed by atoms with E-state index in [0.29, 0.717) is 18.6 Å². The summed E-state index contributed by atoms with van der Waals surface area (Å²) in [6, 6.07) is 5.35. The van der Waals surface area contributed by atoms with E-state index in [2.05, 4.69) is 5.32 Å². The molecule has 2 rings (SSSR count). The van der Waals surface area contributed by atoms with Crippen molar-refractivity contribution in [3.8, 4) is 11.5 Å². The Kier molecular flexibility index (Phi) is 4.55. The summed E-state index contributed by atoms with van der Waals surface area (Å²) in [5.74, 6) is 1.29. The minimum atomic E-state index is -2.84. The van der Waals surface area contributed by atoms with Crippen LogP contribution < -0.4 is 10.1 Å². The van der Waals surface area contributed by atoms with Crippen LogP contribution in [-0.4, -0.2) is 38.2 Å². The van der Waals surface area contributed by atoms with Crippen LogP contribution in [0.5, 0.6) is 11.5 Å². The summed E-state index contributed by atoms with van der Waals surface area (Å²) in [7, 11) is -1.29. The molecule has 0 bridgehead atoms. The summed E-state index contributed by atoms with van der Waals surface area (Å²) in [6.45, 7) is 1.96. The molecule has 1 aliphatic rings. The summed E-state index contributed by atoms with van der Waals surface area (Å²) in [6.07, 6.45) is 1.26. The van der Waals surface area contributed by atoms with Crippen LogP contribution in [0.25, 0.3) is 0 Å². The highest BCUT2D eigenvalue weighted by atomic mass is 32.2. The number of phenolic OH excluding ortho intramolecular Hbond substituents is 1. The fraction of sp³-hybridized carbons (Fsp3) is 0.571. The van der Waals surface area contributed by atoms with E-state index >= 15 is 0 Å². The minimum Gasteiger partial charge on any atom is -0.507 e. The second-order valence-corrected chi connectivity index (χ2v) is 7.54. The Morgan fingerprint density at radius 2 is 2.00 bits per heavy atom. The molecule has 112 valence electrons. The summed E-state index contributed by atoms with van der Waals surface area (Å²) >= 11 is 0. The van der Waals surface area contributed by atoms with Crippen molar-refractivity contribution >= 4 is 9.84 Å². The van der Waals surface area contributed by atoms with Gasteiger partial charge >= 0.3 is 0 Å². The smallest absolute Gasteiger partial charge is 0.150 e. The number of ether oxygens (including phenoxy) is 1. The molecule has 1 saturated heterocycles. The number of sulfone groups is 1. The Morgan fingerprint density at radius 3 is 2.55 bits per heavy atom. The predicted molar refractivity (Wildman–Crippen MR) is 77.9 cm³/mol. The number of aromatic hydroxyl groups is 1. The number of hydrogen-bond donors (Lipinski definition) is 2. The van der Waals surface area contributed by atoms with Crippen LogP contribution in [0.2, 0.25) is 0 Å². The molecule has 1 heterocycles. The molecule has 1 fully saturated rings. The number of rotatable bonds is 4. The van der Waals surface area contributed by atoms with Crippen LogP contribution in [0.15, 0.2) is 18.2 Å². The van der Waals surface area contributed by atoms with Gasteiger partial charge in [0.15, 0.2) is 0 Å². The van der Waals surface area contributed by atoms with E-state index in [-0.39, 0.29) is 29.3 Å². The van der Waals surface area contributed by atoms with Crippen LogP contribution in [0, 0.1) is 0 Å². The summed E-state index contributed by atoms with van der Waals surface area (Å²) in [5, 5.41) is 13.4. The first kappa shape index (κ1) is 15.1. The molecule has 1 aromatic rings. The number of hydrogen-bond acceptors (Lipinski definition) is 5. The molecule has 0 radical (unpaired) electrons. The lowest BCUT2D eigenvalue weighted by atomic mass is 10.0. The average Bonchev–Trinajstić information content (AvgIpc) is 2.40. The van der Waals surface area contributed by atoms with E-state index in [1.807, 2.05) is 13.0 Å². The highest BCUT2D eigenvalue weighted by Gasteiger charge is 2.25. The van der Waals surface area contributed by atoms with Crippen LogP contribution in [0.3, 0.4) is 0 Å². The van der Waals surface area contributed by atoms with Crippen molar-refractivity contribution in [3.05, 3.63) is 23.8 Å². The van der Waals surface area contributed by atoms with Crippen molar-refractivity contribution in [2.75, 3.05) is 18.6 Å². The van der Waals surface area contributed by atoms with Gasteiger partial charge in [0.2, 0.25) is 0 Å². The third-order valence-corrected chi connectivity index (χ3v) is 5.46. The first-order valence-corrected chi connectivity index (χ1v) is 8.57. The van der Waals surface area contributed by atoms with Gasteiger partial charge in [-0.1, -0.05) is 6.07 Å². The van der Waals surface area contributed by atoms with Crippen LogP contribution >= 0.6 is 0 Å². The SMILES string of the molecule is COc1ccc(C(C)NC2CCS(=O)(=O)CC2)c(O)c1. The van der Waals surface area contributed by atoms with Gasteiger partial charge < -0.3 is 15.2 Å². The highest BCUT2D eigenvalue weighted by Crippen LogP contribution is 2.29. The van der Waals surface area contributed by atoms with E-state index in [9.17, 15) is 13.5 Å². The third kappa shape index (κ3) is 3.64. The molecule has 5 nitrogen and oxygen atoms in total. The molecule has 1 atom stereocenters. The van der Waals surface area contributed by atoms with Gasteiger partial charge in [0.05, 0.1) is 18.6 Å². The molecule has 0 aromatic heterocycles. The van der Waals surface area contributed by atoms with Gasteiger partial charge in [-0.15, -0.1) is 0 Å². The molecular formula is C14H21NO4S. The van der Waals surface area contributed by atoms with E-state index < -0.39 is 9.84 Å². The Morgan fingerprint density at radius 1 is 1.35 bits per heavy atom. The molecule has 0 spiro atoms. The maximum Gasteiger partial charge on any atom is 0.150 e. The molecule has 0 amide bonds. The summed E-state index contributed by atoms with van der Waals surface area (Å²) < 4.78 is 27.8. The van der Waals surface area contributed by atoms with Crippen molar-refractivity contribution in [2.24, 2.45) is 0 Å². The average molecular weight is 299 g/mol. The lowest BCUT2D eigenvalue weighted by Crippen LogP contribution is -2.38. The van der Waals surface area contributed by atoms with Crippen LogP contribution in [-0.2, 0) is 9.84 Å². The molecule has 0 saturated carbocycles. The third-order valence-electron chi connectivity index (χ3n) is 3.74. The van der Waals surface area contributed by atoms with Crippen molar-refractivity contribution in [3.63, 3.8) is 0 Å².